The average Bonchev–Trinajstić information content (AvgIpc) is 2.80. The third-order valence-corrected chi connectivity index (χ3v) is 2.92. The van der Waals surface area contributed by atoms with Crippen molar-refractivity contribution in [3.05, 3.63) is 12.5 Å². The molecule has 0 amide bonds. The number of hydrogen-bond donors (Lipinski definition) is 0. The first kappa shape index (κ1) is 12.9. The van der Waals surface area contributed by atoms with Crippen molar-refractivity contribution in [3.8, 4) is 0 Å². The second kappa shape index (κ2) is 5.00. The minimum absolute atomic E-state index is 0.00422. The van der Waals surface area contributed by atoms with E-state index in [2.05, 4.69) is 9.88 Å². The zero-order valence-electron chi connectivity index (χ0n) is 11.2. The molecule has 0 N–H and O–H groups in total. The van der Waals surface area contributed by atoms with Crippen molar-refractivity contribution >= 4 is 12.0 Å². The molecule has 0 radical (unpaired) electrons. The minimum Gasteiger partial charge on any atom is -0.460 e. The van der Waals surface area contributed by atoms with Crippen LogP contribution in [0.25, 0.3) is 0 Å². The number of hydrogen-bond acceptors (Lipinski definition) is 5. The Kier molecular flexibility index (Phi) is 3.59. The van der Waals surface area contributed by atoms with Crippen LogP contribution in [0.4, 0.5) is 6.01 Å². The van der Waals surface area contributed by atoms with Gasteiger partial charge in [-0.2, -0.15) is 0 Å². The molecule has 100 valence electrons. The highest BCUT2D eigenvalue weighted by Gasteiger charge is 2.30. The SMILES string of the molecule is CC(C)(C)OC(=O)C1CCN(c2ncco2)CC1. The Balaban J connectivity index is 1.85. The summed E-state index contributed by atoms with van der Waals surface area (Å²) < 4.78 is 10.7. The van der Waals surface area contributed by atoms with Crippen LogP contribution in [0.3, 0.4) is 0 Å². The molecule has 0 unspecified atom stereocenters. The van der Waals surface area contributed by atoms with Gasteiger partial charge in [-0.1, -0.05) is 0 Å². The van der Waals surface area contributed by atoms with E-state index in [1.165, 1.54) is 0 Å². The van der Waals surface area contributed by atoms with Crippen molar-refractivity contribution in [3.63, 3.8) is 0 Å². The highest BCUT2D eigenvalue weighted by Crippen LogP contribution is 2.24. The molecule has 0 aromatic carbocycles. The Morgan fingerprint density at radius 2 is 2.11 bits per heavy atom. The fourth-order valence-electron chi connectivity index (χ4n) is 2.06. The molecule has 0 saturated carbocycles. The molecule has 2 rings (SSSR count). The van der Waals surface area contributed by atoms with Crippen LogP contribution in [-0.2, 0) is 9.53 Å². The summed E-state index contributed by atoms with van der Waals surface area (Å²) >= 11 is 0. The van der Waals surface area contributed by atoms with Crippen molar-refractivity contribution < 1.29 is 13.9 Å². The number of ether oxygens (including phenoxy) is 1. The second-order valence-electron chi connectivity index (χ2n) is 5.61. The van der Waals surface area contributed by atoms with Crippen LogP contribution in [0.15, 0.2) is 16.9 Å². The van der Waals surface area contributed by atoms with Gasteiger partial charge in [0.1, 0.15) is 11.9 Å². The van der Waals surface area contributed by atoms with E-state index in [1.54, 1.807) is 12.5 Å². The number of carbonyl (C=O) groups excluding carboxylic acids is 1. The topological polar surface area (TPSA) is 55.6 Å². The van der Waals surface area contributed by atoms with Crippen LogP contribution in [0.2, 0.25) is 0 Å². The monoisotopic (exact) mass is 252 g/mol. The Bertz CT molecular complexity index is 387. The van der Waals surface area contributed by atoms with Crippen LogP contribution in [0.5, 0.6) is 0 Å². The molecular formula is C13H20N2O3. The highest BCUT2D eigenvalue weighted by molar-refractivity contribution is 5.73. The summed E-state index contributed by atoms with van der Waals surface area (Å²) in [7, 11) is 0. The molecule has 1 aromatic heterocycles. The van der Waals surface area contributed by atoms with Gasteiger partial charge in [-0.05, 0) is 33.6 Å². The third kappa shape index (κ3) is 3.24. The van der Waals surface area contributed by atoms with E-state index in [4.69, 9.17) is 9.15 Å². The first-order valence-electron chi connectivity index (χ1n) is 6.33. The summed E-state index contributed by atoms with van der Waals surface area (Å²) in [5, 5.41) is 0. The van der Waals surface area contributed by atoms with Crippen molar-refractivity contribution in [1.82, 2.24) is 4.98 Å². The van der Waals surface area contributed by atoms with Crippen molar-refractivity contribution in [2.75, 3.05) is 18.0 Å². The molecule has 0 aliphatic carbocycles. The van der Waals surface area contributed by atoms with E-state index in [0.717, 1.165) is 25.9 Å². The number of rotatable bonds is 2. The maximum Gasteiger partial charge on any atom is 0.309 e. The van der Waals surface area contributed by atoms with Gasteiger partial charge < -0.3 is 14.1 Å². The van der Waals surface area contributed by atoms with Gasteiger partial charge in [0, 0.05) is 13.1 Å². The maximum absolute atomic E-state index is 11.9. The van der Waals surface area contributed by atoms with E-state index in [1.807, 2.05) is 20.8 Å². The van der Waals surface area contributed by atoms with E-state index < -0.39 is 5.60 Å². The van der Waals surface area contributed by atoms with Crippen LogP contribution >= 0.6 is 0 Å². The molecular weight excluding hydrogens is 232 g/mol. The quantitative estimate of drug-likeness (QED) is 0.755. The van der Waals surface area contributed by atoms with Crippen LogP contribution in [0, 0.1) is 5.92 Å². The molecule has 2 heterocycles. The van der Waals surface area contributed by atoms with Gasteiger partial charge in [0.25, 0.3) is 6.01 Å². The molecule has 0 bridgehead atoms. The largest absolute Gasteiger partial charge is 0.460 e. The second-order valence-corrected chi connectivity index (χ2v) is 5.61. The van der Waals surface area contributed by atoms with Gasteiger partial charge in [0.2, 0.25) is 0 Å². The molecule has 5 heteroatoms. The molecule has 0 spiro atoms. The molecule has 1 aliphatic heterocycles. The van der Waals surface area contributed by atoms with Gasteiger partial charge in [0.15, 0.2) is 0 Å². The van der Waals surface area contributed by atoms with Gasteiger partial charge in [-0.15, -0.1) is 0 Å². The van der Waals surface area contributed by atoms with E-state index in [-0.39, 0.29) is 11.9 Å². The normalized spacial score (nSPS) is 17.8. The molecule has 1 fully saturated rings. The summed E-state index contributed by atoms with van der Waals surface area (Å²) in [6.07, 6.45) is 4.78. The predicted molar refractivity (Wildman–Crippen MR) is 67.3 cm³/mol. The lowest BCUT2D eigenvalue weighted by molar-refractivity contribution is -0.160. The number of nitrogens with zero attached hydrogens (tertiary/aromatic N) is 2. The molecule has 5 nitrogen and oxygen atoms in total. The standard InChI is InChI=1S/C13H20N2O3/c1-13(2,3)18-11(16)10-4-7-15(8-5-10)12-14-6-9-17-12/h6,9-10H,4-5,7-8H2,1-3H3. The van der Waals surface area contributed by atoms with Gasteiger partial charge in [0.05, 0.1) is 12.1 Å². The number of aromatic nitrogens is 1. The lowest BCUT2D eigenvalue weighted by Crippen LogP contribution is -2.39. The Hall–Kier alpha value is -1.52. The zero-order chi connectivity index (χ0) is 13.2. The summed E-state index contributed by atoms with van der Waals surface area (Å²) in [6, 6.07) is 0.637. The maximum atomic E-state index is 11.9. The lowest BCUT2D eigenvalue weighted by atomic mass is 9.97. The molecule has 1 aliphatic rings. The van der Waals surface area contributed by atoms with Crippen LogP contribution in [-0.4, -0.2) is 29.6 Å². The Morgan fingerprint density at radius 3 is 2.61 bits per heavy atom. The van der Waals surface area contributed by atoms with Crippen molar-refractivity contribution in [1.29, 1.82) is 0 Å². The van der Waals surface area contributed by atoms with Crippen LogP contribution < -0.4 is 4.90 Å². The Morgan fingerprint density at radius 1 is 1.44 bits per heavy atom. The number of piperidine rings is 1. The minimum atomic E-state index is -0.406. The number of esters is 1. The predicted octanol–water partition coefficient (Wildman–Crippen LogP) is 2.23. The van der Waals surface area contributed by atoms with E-state index >= 15 is 0 Å². The molecule has 1 saturated heterocycles. The summed E-state index contributed by atoms with van der Waals surface area (Å²) in [5.74, 6) is -0.0926. The zero-order valence-corrected chi connectivity index (χ0v) is 11.2. The lowest BCUT2D eigenvalue weighted by Gasteiger charge is -2.31. The highest BCUT2D eigenvalue weighted by atomic mass is 16.6. The van der Waals surface area contributed by atoms with Crippen molar-refractivity contribution in [2.45, 2.75) is 39.2 Å². The first-order valence-corrected chi connectivity index (χ1v) is 6.33. The first-order chi connectivity index (χ1) is 8.46. The summed E-state index contributed by atoms with van der Waals surface area (Å²) in [4.78, 5) is 18.1. The van der Waals surface area contributed by atoms with E-state index in [0.29, 0.717) is 6.01 Å². The summed E-state index contributed by atoms with van der Waals surface area (Å²) in [6.45, 7) is 7.25. The van der Waals surface area contributed by atoms with E-state index in [9.17, 15) is 4.79 Å². The molecule has 1 aromatic rings. The van der Waals surface area contributed by atoms with Gasteiger partial charge >= 0.3 is 5.97 Å². The van der Waals surface area contributed by atoms with Crippen LogP contribution in [0.1, 0.15) is 33.6 Å². The number of carbonyl (C=O) groups is 1. The molecule has 0 atom stereocenters. The summed E-state index contributed by atoms with van der Waals surface area (Å²) in [5.41, 5.74) is -0.406. The number of anilines is 1. The smallest absolute Gasteiger partial charge is 0.309 e. The average molecular weight is 252 g/mol. The fraction of sp³-hybridized carbons (Fsp3) is 0.692. The Labute approximate surface area is 107 Å². The van der Waals surface area contributed by atoms with Crippen molar-refractivity contribution in [2.24, 2.45) is 5.92 Å². The molecule has 18 heavy (non-hydrogen) atoms. The van der Waals surface area contributed by atoms with Gasteiger partial charge in [-0.3, -0.25) is 4.79 Å². The van der Waals surface area contributed by atoms with Gasteiger partial charge in [-0.25, -0.2) is 4.98 Å². The third-order valence-electron chi connectivity index (χ3n) is 2.92. The fourth-order valence-corrected chi connectivity index (χ4v) is 2.06. The number of oxazole rings is 1.